The molecule has 0 spiro atoms. The van der Waals surface area contributed by atoms with Crippen molar-refractivity contribution in [3.8, 4) is 0 Å². The molecule has 4 nitrogen and oxygen atoms in total. The number of nitrogens with zero attached hydrogens (tertiary/aromatic N) is 1. The van der Waals surface area contributed by atoms with Crippen molar-refractivity contribution < 1.29 is 9.57 Å². The Morgan fingerprint density at radius 3 is 2.88 bits per heavy atom. The van der Waals surface area contributed by atoms with E-state index in [4.69, 9.17) is 26.9 Å². The van der Waals surface area contributed by atoms with Gasteiger partial charge in [-0.05, 0) is 26.0 Å². The van der Waals surface area contributed by atoms with Crippen LogP contribution in [0.3, 0.4) is 0 Å². The number of nitrogens with two attached hydrogens (primary N) is 1. The van der Waals surface area contributed by atoms with Crippen molar-refractivity contribution in [3.63, 3.8) is 0 Å². The van der Waals surface area contributed by atoms with E-state index in [9.17, 15) is 0 Å². The van der Waals surface area contributed by atoms with Crippen molar-refractivity contribution in [2.24, 2.45) is 10.9 Å². The summed E-state index contributed by atoms with van der Waals surface area (Å²) in [6, 6.07) is 3.71. The number of hydrogen-bond acceptors (Lipinski definition) is 4. The molecule has 0 bridgehead atoms. The lowest BCUT2D eigenvalue weighted by molar-refractivity contribution is 0.0992. The highest BCUT2D eigenvalue weighted by Gasteiger charge is 1.99. The normalized spacial score (nSPS) is 12.1. The molecule has 0 aliphatic heterocycles. The second kappa shape index (κ2) is 6.73. The summed E-state index contributed by atoms with van der Waals surface area (Å²) < 4.78 is 5.99. The minimum atomic E-state index is 0.129. The Morgan fingerprint density at radius 2 is 2.31 bits per heavy atom. The highest BCUT2D eigenvalue weighted by atomic mass is 35.5. The standard InChI is InChI=1S/C10H15ClN2O2S/c1-7(2)14-6-10(12)13-15-5-8-3-4-9(11)16-8/h3-4,7H,5-6H2,1-2H3,(H2,12,13). The van der Waals surface area contributed by atoms with Crippen LogP contribution >= 0.6 is 22.9 Å². The summed E-state index contributed by atoms with van der Waals surface area (Å²) in [5, 5.41) is 3.73. The van der Waals surface area contributed by atoms with Gasteiger partial charge in [-0.1, -0.05) is 16.8 Å². The van der Waals surface area contributed by atoms with Gasteiger partial charge in [0, 0.05) is 4.88 Å². The molecule has 0 saturated carbocycles. The lowest BCUT2D eigenvalue weighted by Gasteiger charge is -2.06. The molecule has 0 saturated heterocycles. The summed E-state index contributed by atoms with van der Waals surface area (Å²) in [6.07, 6.45) is 0.129. The van der Waals surface area contributed by atoms with Gasteiger partial charge in [0.25, 0.3) is 0 Å². The van der Waals surface area contributed by atoms with Crippen molar-refractivity contribution in [3.05, 3.63) is 21.3 Å². The number of oxime groups is 1. The Bertz CT molecular complexity index is 352. The number of thiophene rings is 1. The first kappa shape index (κ1) is 13.3. The molecule has 6 heteroatoms. The van der Waals surface area contributed by atoms with Crippen molar-refractivity contribution >= 4 is 28.8 Å². The molecular formula is C10H15ClN2O2S. The van der Waals surface area contributed by atoms with Gasteiger partial charge in [0.2, 0.25) is 0 Å². The molecule has 0 atom stereocenters. The van der Waals surface area contributed by atoms with Crippen LogP contribution in [0.25, 0.3) is 0 Å². The Labute approximate surface area is 104 Å². The average molecular weight is 263 g/mol. The summed E-state index contributed by atoms with van der Waals surface area (Å²) in [4.78, 5) is 6.07. The Hall–Kier alpha value is -0.780. The van der Waals surface area contributed by atoms with E-state index in [0.29, 0.717) is 12.4 Å². The minimum absolute atomic E-state index is 0.129. The SMILES string of the molecule is CC(C)OC/C(N)=N/OCc1ccc(Cl)s1. The fraction of sp³-hybridized carbons (Fsp3) is 0.500. The van der Waals surface area contributed by atoms with Crippen LogP contribution in [-0.2, 0) is 16.2 Å². The molecule has 1 rings (SSSR count). The molecule has 1 heterocycles. The Balaban J connectivity index is 2.25. The molecule has 2 N–H and O–H groups in total. The summed E-state index contributed by atoms with van der Waals surface area (Å²) in [5.41, 5.74) is 5.57. The van der Waals surface area contributed by atoms with Crippen molar-refractivity contribution in [1.82, 2.24) is 0 Å². The molecule has 1 aromatic heterocycles. The molecule has 0 aliphatic carbocycles. The predicted molar refractivity (Wildman–Crippen MR) is 66.8 cm³/mol. The van der Waals surface area contributed by atoms with Gasteiger partial charge in [-0.2, -0.15) is 0 Å². The molecule has 0 fully saturated rings. The first-order chi connectivity index (χ1) is 7.58. The molecule has 0 aromatic carbocycles. The second-order valence-electron chi connectivity index (χ2n) is 3.42. The van der Waals surface area contributed by atoms with Crippen molar-refractivity contribution in [2.45, 2.75) is 26.6 Å². The number of amidine groups is 1. The zero-order valence-electron chi connectivity index (χ0n) is 9.27. The largest absolute Gasteiger partial charge is 0.389 e. The van der Waals surface area contributed by atoms with Gasteiger partial charge < -0.3 is 15.3 Å². The zero-order valence-corrected chi connectivity index (χ0v) is 10.8. The fourth-order valence-electron chi connectivity index (χ4n) is 0.887. The summed E-state index contributed by atoms with van der Waals surface area (Å²) in [7, 11) is 0. The van der Waals surface area contributed by atoms with Gasteiger partial charge in [-0.25, -0.2) is 0 Å². The minimum Gasteiger partial charge on any atom is -0.389 e. The van der Waals surface area contributed by atoms with E-state index in [1.54, 1.807) is 0 Å². The van der Waals surface area contributed by atoms with Crippen LogP contribution in [0.1, 0.15) is 18.7 Å². The molecule has 0 aliphatic rings. The van der Waals surface area contributed by atoms with E-state index in [1.807, 2.05) is 26.0 Å². The van der Waals surface area contributed by atoms with Crippen LogP contribution in [0.15, 0.2) is 17.3 Å². The van der Waals surface area contributed by atoms with Gasteiger partial charge in [0.05, 0.1) is 10.4 Å². The maximum absolute atomic E-state index is 5.77. The van der Waals surface area contributed by atoms with E-state index in [2.05, 4.69) is 5.16 Å². The van der Waals surface area contributed by atoms with E-state index >= 15 is 0 Å². The van der Waals surface area contributed by atoms with E-state index in [0.717, 1.165) is 9.21 Å². The average Bonchev–Trinajstić information content (AvgIpc) is 2.61. The number of hydrogen-bond donors (Lipinski definition) is 1. The molecule has 0 radical (unpaired) electrons. The van der Waals surface area contributed by atoms with Gasteiger partial charge in [-0.3, -0.25) is 0 Å². The second-order valence-corrected chi connectivity index (χ2v) is 5.22. The van der Waals surface area contributed by atoms with Gasteiger partial charge in [-0.15, -0.1) is 11.3 Å². The van der Waals surface area contributed by atoms with Gasteiger partial charge in [0.15, 0.2) is 12.4 Å². The Morgan fingerprint density at radius 1 is 1.56 bits per heavy atom. The van der Waals surface area contributed by atoms with Crippen molar-refractivity contribution in [1.29, 1.82) is 0 Å². The number of halogens is 1. The zero-order chi connectivity index (χ0) is 12.0. The topological polar surface area (TPSA) is 56.8 Å². The van der Waals surface area contributed by atoms with Crippen molar-refractivity contribution in [2.75, 3.05) is 6.61 Å². The van der Waals surface area contributed by atoms with E-state index in [1.165, 1.54) is 11.3 Å². The number of rotatable bonds is 6. The van der Waals surface area contributed by atoms with E-state index < -0.39 is 0 Å². The van der Waals surface area contributed by atoms with Crippen LogP contribution < -0.4 is 5.73 Å². The molecule has 0 unspecified atom stereocenters. The highest BCUT2D eigenvalue weighted by molar-refractivity contribution is 7.16. The van der Waals surface area contributed by atoms with Crippen LogP contribution in [0.4, 0.5) is 0 Å². The van der Waals surface area contributed by atoms with Gasteiger partial charge >= 0.3 is 0 Å². The third-order valence-electron chi connectivity index (χ3n) is 1.58. The van der Waals surface area contributed by atoms with Crippen LogP contribution in [0.5, 0.6) is 0 Å². The molecule has 0 amide bonds. The molecule has 1 aromatic rings. The third-order valence-corrected chi connectivity index (χ3v) is 2.79. The van der Waals surface area contributed by atoms with E-state index in [-0.39, 0.29) is 12.7 Å². The Kier molecular flexibility index (Phi) is 5.59. The quantitative estimate of drug-likeness (QED) is 0.487. The number of ether oxygens (including phenoxy) is 1. The predicted octanol–water partition coefficient (Wildman–Crippen LogP) is 2.62. The van der Waals surface area contributed by atoms with Crippen LogP contribution in [-0.4, -0.2) is 18.5 Å². The fourth-order valence-corrected chi connectivity index (χ4v) is 1.88. The maximum Gasteiger partial charge on any atom is 0.165 e. The molecular weight excluding hydrogens is 248 g/mol. The van der Waals surface area contributed by atoms with Crippen LogP contribution in [0.2, 0.25) is 4.34 Å². The summed E-state index contributed by atoms with van der Waals surface area (Å²) in [5.74, 6) is 0.330. The lowest BCUT2D eigenvalue weighted by atomic mass is 10.5. The first-order valence-corrected chi connectivity index (χ1v) is 6.07. The van der Waals surface area contributed by atoms with Crippen LogP contribution in [0, 0.1) is 0 Å². The summed E-state index contributed by atoms with van der Waals surface area (Å²) >= 11 is 7.23. The highest BCUT2D eigenvalue weighted by Crippen LogP contribution is 2.21. The summed E-state index contributed by atoms with van der Waals surface area (Å²) in [6.45, 7) is 4.52. The monoisotopic (exact) mass is 262 g/mol. The maximum atomic E-state index is 5.77. The smallest absolute Gasteiger partial charge is 0.165 e. The molecule has 90 valence electrons. The lowest BCUT2D eigenvalue weighted by Crippen LogP contribution is -2.21. The van der Waals surface area contributed by atoms with Gasteiger partial charge in [0.1, 0.15) is 6.61 Å². The third kappa shape index (κ3) is 5.34. The molecule has 16 heavy (non-hydrogen) atoms. The first-order valence-electron chi connectivity index (χ1n) is 4.88.